The molecule has 2 amide bonds. The second-order valence-corrected chi connectivity index (χ2v) is 7.47. The highest BCUT2D eigenvalue weighted by atomic mass is 79.9. The van der Waals surface area contributed by atoms with Gasteiger partial charge in [0.25, 0.3) is 0 Å². The Morgan fingerprint density at radius 1 is 1.33 bits per heavy atom. The molecule has 6 nitrogen and oxygen atoms in total. The van der Waals surface area contributed by atoms with Crippen LogP contribution >= 0.6 is 39.3 Å². The van der Waals surface area contributed by atoms with Crippen LogP contribution in [0.25, 0.3) is 10.9 Å². The molecule has 0 aliphatic carbocycles. The molecule has 2 aromatic rings. The minimum atomic E-state index is -0.479. The van der Waals surface area contributed by atoms with Crippen molar-refractivity contribution in [2.45, 2.75) is 19.2 Å². The maximum absolute atomic E-state index is 11.9. The number of aromatic nitrogens is 1. The number of rotatable bonds is 1. The average molecular weight is 428 g/mol. The molecule has 1 aliphatic heterocycles. The summed E-state index contributed by atoms with van der Waals surface area (Å²) >= 11 is 11.0. The van der Waals surface area contributed by atoms with E-state index in [1.165, 1.54) is 30.6 Å². The van der Waals surface area contributed by atoms with E-state index >= 15 is 0 Å². The molecule has 1 aliphatic rings. The van der Waals surface area contributed by atoms with Crippen molar-refractivity contribution in [3.63, 3.8) is 0 Å². The van der Waals surface area contributed by atoms with Crippen molar-refractivity contribution in [1.29, 1.82) is 0 Å². The summed E-state index contributed by atoms with van der Waals surface area (Å²) in [6, 6.07) is 7.55. The fourth-order valence-electron chi connectivity index (χ4n) is 2.28. The van der Waals surface area contributed by atoms with Gasteiger partial charge < -0.3 is 5.32 Å². The number of thioether (sulfide) groups is 1. The van der Waals surface area contributed by atoms with Gasteiger partial charge in [-0.1, -0.05) is 39.3 Å². The van der Waals surface area contributed by atoms with E-state index in [1.807, 2.05) is 24.3 Å². The number of hydrogen-bond acceptors (Lipinski definition) is 5. The lowest BCUT2D eigenvalue weighted by Gasteiger charge is -2.20. The summed E-state index contributed by atoms with van der Waals surface area (Å²) in [5, 5.41) is 9.12. The van der Waals surface area contributed by atoms with Crippen molar-refractivity contribution < 1.29 is 9.59 Å². The van der Waals surface area contributed by atoms with Gasteiger partial charge in [0.1, 0.15) is 10.5 Å². The van der Waals surface area contributed by atoms with Crippen molar-refractivity contribution in [3.05, 3.63) is 39.5 Å². The zero-order chi connectivity index (χ0) is 17.4. The highest BCUT2D eigenvalue weighted by Crippen LogP contribution is 2.42. The Kier molecular flexibility index (Phi) is 4.80. The van der Waals surface area contributed by atoms with E-state index in [0.29, 0.717) is 15.9 Å². The van der Waals surface area contributed by atoms with Gasteiger partial charge in [0.15, 0.2) is 5.17 Å². The highest BCUT2D eigenvalue weighted by Gasteiger charge is 2.34. The van der Waals surface area contributed by atoms with E-state index in [2.05, 4.69) is 31.3 Å². The van der Waals surface area contributed by atoms with Crippen LogP contribution in [0.5, 0.6) is 0 Å². The summed E-state index contributed by atoms with van der Waals surface area (Å²) in [5.41, 5.74) is 1.42. The molecule has 0 bridgehead atoms. The van der Waals surface area contributed by atoms with Crippen molar-refractivity contribution in [2.75, 3.05) is 0 Å². The number of carbonyl (C=O) groups is 2. The molecule has 1 N–H and O–H groups in total. The molecule has 124 valence electrons. The Hall–Kier alpha value is -1.64. The molecule has 0 saturated carbocycles. The zero-order valence-corrected chi connectivity index (χ0v) is 15.9. The van der Waals surface area contributed by atoms with E-state index in [1.54, 1.807) is 0 Å². The molecule has 3 rings (SSSR count). The summed E-state index contributed by atoms with van der Waals surface area (Å²) in [5.74, 6) is -0.504. The summed E-state index contributed by atoms with van der Waals surface area (Å²) in [6.07, 6.45) is 0. The number of nitrogens with zero attached hydrogens (tertiary/aromatic N) is 3. The predicted octanol–water partition coefficient (Wildman–Crippen LogP) is 3.65. The van der Waals surface area contributed by atoms with Gasteiger partial charge in [-0.05, 0) is 24.3 Å². The fourth-order valence-corrected chi connectivity index (χ4v) is 4.12. The Balaban J connectivity index is 2.04. The minimum absolute atomic E-state index is 0.252. The van der Waals surface area contributed by atoms with Crippen LogP contribution in [-0.2, 0) is 9.59 Å². The maximum atomic E-state index is 11.9. The molecule has 24 heavy (non-hydrogen) atoms. The van der Waals surface area contributed by atoms with Crippen molar-refractivity contribution in [1.82, 2.24) is 15.3 Å². The zero-order valence-electron chi connectivity index (χ0n) is 12.7. The van der Waals surface area contributed by atoms with Gasteiger partial charge in [-0.15, -0.1) is 5.10 Å². The van der Waals surface area contributed by atoms with Crippen LogP contribution in [0, 0.1) is 0 Å². The van der Waals surface area contributed by atoms with Gasteiger partial charge in [-0.3, -0.25) is 9.59 Å². The number of fused-ring (bicyclic) bond motifs is 1. The first-order chi connectivity index (χ1) is 11.3. The van der Waals surface area contributed by atoms with Crippen molar-refractivity contribution in [3.8, 4) is 0 Å². The molecule has 1 unspecified atom stereocenters. The van der Waals surface area contributed by atoms with Gasteiger partial charge in [0.2, 0.25) is 11.8 Å². The SMILES string of the molecule is CC(=O)NC1=NN(C(C)=O)C(c2cc3cc(Br)ccc3nc2Cl)S1. The minimum Gasteiger partial charge on any atom is -0.304 e. The number of amides is 2. The van der Waals surface area contributed by atoms with Crippen LogP contribution in [0.2, 0.25) is 5.15 Å². The molecule has 0 radical (unpaired) electrons. The largest absolute Gasteiger partial charge is 0.304 e. The van der Waals surface area contributed by atoms with Crippen LogP contribution in [0.1, 0.15) is 24.8 Å². The topological polar surface area (TPSA) is 74.7 Å². The smallest absolute Gasteiger partial charge is 0.241 e. The van der Waals surface area contributed by atoms with Crippen LogP contribution in [0.3, 0.4) is 0 Å². The first-order valence-electron chi connectivity index (χ1n) is 6.93. The Morgan fingerprint density at radius 3 is 2.75 bits per heavy atom. The van der Waals surface area contributed by atoms with Crippen molar-refractivity contribution >= 4 is 67.2 Å². The average Bonchev–Trinajstić information content (AvgIpc) is 2.90. The third-order valence-corrected chi connectivity index (χ3v) is 5.15. The molecule has 2 heterocycles. The van der Waals surface area contributed by atoms with Crippen molar-refractivity contribution in [2.24, 2.45) is 5.10 Å². The van der Waals surface area contributed by atoms with Crippen LogP contribution < -0.4 is 5.32 Å². The number of carbonyl (C=O) groups excluding carboxylic acids is 2. The van der Waals surface area contributed by atoms with E-state index in [9.17, 15) is 9.59 Å². The second-order valence-electron chi connectivity index (χ2n) is 5.13. The summed E-state index contributed by atoms with van der Waals surface area (Å²) in [6.45, 7) is 2.79. The van der Waals surface area contributed by atoms with Crippen LogP contribution in [-0.4, -0.2) is 27.0 Å². The molecular weight excluding hydrogens is 416 g/mol. The van der Waals surface area contributed by atoms with E-state index in [4.69, 9.17) is 11.6 Å². The normalized spacial score (nSPS) is 17.1. The number of nitrogens with one attached hydrogen (secondary N) is 1. The van der Waals surface area contributed by atoms with E-state index in [-0.39, 0.29) is 11.8 Å². The number of hydrazone groups is 1. The Bertz CT molecular complexity index is 889. The number of pyridine rings is 1. The molecule has 1 aromatic carbocycles. The van der Waals surface area contributed by atoms with Gasteiger partial charge in [-0.25, -0.2) is 9.99 Å². The number of halogens is 2. The molecule has 0 saturated heterocycles. The third-order valence-electron chi connectivity index (χ3n) is 3.27. The monoisotopic (exact) mass is 426 g/mol. The fraction of sp³-hybridized carbons (Fsp3) is 0.200. The Morgan fingerprint density at radius 2 is 2.08 bits per heavy atom. The lowest BCUT2D eigenvalue weighted by molar-refractivity contribution is -0.129. The number of hydrogen-bond donors (Lipinski definition) is 1. The standard InChI is InChI=1S/C15H12BrClN4O2S/c1-7(22)18-15-20-21(8(2)23)14(24-15)11-6-9-5-10(16)3-4-12(9)19-13(11)17/h3-6,14H,1-2H3,(H,18,20,22). The molecule has 9 heteroatoms. The van der Waals surface area contributed by atoms with Gasteiger partial charge in [-0.2, -0.15) is 0 Å². The quantitative estimate of drug-likeness (QED) is 0.705. The lowest BCUT2D eigenvalue weighted by Crippen LogP contribution is -2.25. The number of benzene rings is 1. The molecule has 1 atom stereocenters. The van der Waals surface area contributed by atoms with Crippen LogP contribution in [0.15, 0.2) is 33.8 Å². The first kappa shape index (κ1) is 17.2. The molecule has 0 fully saturated rings. The number of amidine groups is 1. The predicted molar refractivity (Wildman–Crippen MR) is 98.6 cm³/mol. The summed E-state index contributed by atoms with van der Waals surface area (Å²) < 4.78 is 0.919. The molecule has 0 spiro atoms. The second kappa shape index (κ2) is 6.70. The maximum Gasteiger partial charge on any atom is 0.241 e. The van der Waals surface area contributed by atoms with Gasteiger partial charge in [0.05, 0.1) is 5.52 Å². The summed E-state index contributed by atoms with van der Waals surface area (Å²) in [7, 11) is 0. The molecule has 1 aromatic heterocycles. The van der Waals surface area contributed by atoms with Gasteiger partial charge >= 0.3 is 0 Å². The van der Waals surface area contributed by atoms with Gasteiger partial charge in [0, 0.05) is 29.3 Å². The summed E-state index contributed by atoms with van der Waals surface area (Å²) in [4.78, 5) is 27.6. The highest BCUT2D eigenvalue weighted by molar-refractivity contribution is 9.10. The van der Waals surface area contributed by atoms with E-state index in [0.717, 1.165) is 15.4 Å². The molecular formula is C15H12BrClN4O2S. The first-order valence-corrected chi connectivity index (χ1v) is 8.98. The Labute approximate surface area is 155 Å². The van der Waals surface area contributed by atoms with Crippen LogP contribution in [0.4, 0.5) is 0 Å². The van der Waals surface area contributed by atoms with E-state index < -0.39 is 5.37 Å². The lowest BCUT2D eigenvalue weighted by atomic mass is 10.1. The third kappa shape index (κ3) is 3.40.